The van der Waals surface area contributed by atoms with E-state index in [1.807, 2.05) is 0 Å². The van der Waals surface area contributed by atoms with E-state index in [0.29, 0.717) is 6.42 Å². The summed E-state index contributed by atoms with van der Waals surface area (Å²) < 4.78 is 31.3. The second kappa shape index (κ2) is 16.3. The Kier molecular flexibility index (Phi) is 16.3. The van der Waals surface area contributed by atoms with Crippen molar-refractivity contribution in [2.45, 2.75) is 115 Å². The number of rotatable bonds is 18. The molecule has 0 rings (SSSR count). The number of aliphatic hydroxyl groups is 1. The van der Waals surface area contributed by atoms with Crippen molar-refractivity contribution < 1.29 is 18.1 Å². The van der Waals surface area contributed by atoms with Gasteiger partial charge in [0.1, 0.15) is 0 Å². The largest absolute Gasteiger partial charge is 0.396 e. The Balaban J connectivity index is 3.33. The molecule has 1 atom stereocenters. The van der Waals surface area contributed by atoms with Gasteiger partial charge in [-0.3, -0.25) is 4.55 Å². The minimum Gasteiger partial charge on any atom is -0.396 e. The van der Waals surface area contributed by atoms with Gasteiger partial charge in [0.2, 0.25) is 0 Å². The molecule has 0 saturated heterocycles. The number of hydrogen-bond donors (Lipinski definition) is 2. The summed E-state index contributed by atoms with van der Waals surface area (Å²) in [5.41, 5.74) is 0. The van der Waals surface area contributed by atoms with Crippen LogP contribution in [0.4, 0.5) is 0 Å². The van der Waals surface area contributed by atoms with E-state index in [0.717, 1.165) is 19.3 Å². The topological polar surface area (TPSA) is 74.6 Å². The molecule has 0 aromatic heterocycles. The first kappa shape index (κ1) is 23.9. The molecule has 0 bridgehead atoms. The van der Waals surface area contributed by atoms with Gasteiger partial charge in [0, 0.05) is 6.61 Å². The van der Waals surface area contributed by atoms with E-state index < -0.39 is 15.4 Å². The Bertz CT molecular complexity index is 354. The van der Waals surface area contributed by atoms with Gasteiger partial charge in [-0.05, 0) is 12.8 Å². The quantitative estimate of drug-likeness (QED) is 0.249. The first-order valence-corrected chi connectivity index (χ1v) is 11.6. The molecular weight excluding hydrogens is 324 g/mol. The maximum atomic E-state index is 11.1. The molecule has 0 spiro atoms. The highest BCUT2D eigenvalue weighted by atomic mass is 32.2. The van der Waals surface area contributed by atoms with Crippen LogP contribution in [0, 0.1) is 0 Å². The lowest BCUT2D eigenvalue weighted by molar-refractivity contribution is 0.279. The van der Waals surface area contributed by atoms with Gasteiger partial charge in [-0.15, -0.1) is 0 Å². The van der Waals surface area contributed by atoms with Crippen molar-refractivity contribution in [3.05, 3.63) is 0 Å². The molecule has 0 aromatic rings. The first-order chi connectivity index (χ1) is 11.5. The van der Waals surface area contributed by atoms with E-state index in [4.69, 9.17) is 9.66 Å². The number of hydrogen-bond acceptors (Lipinski definition) is 3. The van der Waals surface area contributed by atoms with E-state index in [1.54, 1.807) is 0 Å². The number of aliphatic hydroxyl groups excluding tert-OH is 1. The molecule has 0 amide bonds. The molecule has 24 heavy (non-hydrogen) atoms. The zero-order chi connectivity index (χ0) is 18.1. The van der Waals surface area contributed by atoms with Crippen LogP contribution in [-0.2, 0) is 10.1 Å². The molecule has 0 saturated carbocycles. The summed E-state index contributed by atoms with van der Waals surface area (Å²) in [6.07, 6.45) is 18.3. The van der Waals surface area contributed by atoms with Crippen LogP contribution in [0.3, 0.4) is 0 Å². The van der Waals surface area contributed by atoms with Gasteiger partial charge >= 0.3 is 0 Å². The van der Waals surface area contributed by atoms with Crippen LogP contribution in [-0.4, -0.2) is 29.9 Å². The van der Waals surface area contributed by atoms with Crippen LogP contribution >= 0.6 is 0 Å². The maximum Gasteiger partial charge on any atom is 0.267 e. The van der Waals surface area contributed by atoms with Crippen LogP contribution in [0.2, 0.25) is 0 Å². The van der Waals surface area contributed by atoms with E-state index in [-0.39, 0.29) is 13.0 Å². The molecule has 0 aliphatic heterocycles. The molecule has 0 aliphatic rings. The first-order valence-electron chi connectivity index (χ1n) is 10.1. The third-order valence-electron chi connectivity index (χ3n) is 4.75. The average Bonchev–Trinajstić information content (AvgIpc) is 2.53. The van der Waals surface area contributed by atoms with Crippen LogP contribution in [0.5, 0.6) is 0 Å². The lowest BCUT2D eigenvalue weighted by Gasteiger charge is -2.12. The van der Waals surface area contributed by atoms with Crippen molar-refractivity contribution in [2.75, 3.05) is 6.61 Å². The fourth-order valence-corrected chi connectivity index (χ4v) is 4.02. The highest BCUT2D eigenvalue weighted by Gasteiger charge is 2.21. The van der Waals surface area contributed by atoms with Crippen LogP contribution in [0.15, 0.2) is 0 Å². The van der Waals surface area contributed by atoms with Gasteiger partial charge in [0.05, 0.1) is 5.25 Å². The molecule has 0 aliphatic carbocycles. The molecule has 0 heterocycles. The van der Waals surface area contributed by atoms with E-state index >= 15 is 0 Å². The maximum absolute atomic E-state index is 11.1. The van der Waals surface area contributed by atoms with Crippen LogP contribution in [0.1, 0.15) is 110 Å². The van der Waals surface area contributed by atoms with Crippen molar-refractivity contribution in [1.82, 2.24) is 0 Å². The minimum absolute atomic E-state index is 0.136. The zero-order valence-electron chi connectivity index (χ0n) is 15.7. The summed E-state index contributed by atoms with van der Waals surface area (Å²) in [5.74, 6) is 0. The highest BCUT2D eigenvalue weighted by molar-refractivity contribution is 7.86. The second-order valence-electron chi connectivity index (χ2n) is 7.03. The molecule has 2 N–H and O–H groups in total. The summed E-state index contributed by atoms with van der Waals surface area (Å²) in [6.45, 7) is 2.06. The smallest absolute Gasteiger partial charge is 0.267 e. The summed E-state index contributed by atoms with van der Waals surface area (Å²) in [6, 6.07) is 0. The van der Waals surface area contributed by atoms with Gasteiger partial charge in [-0.1, -0.05) is 96.8 Å². The normalized spacial score (nSPS) is 13.3. The Labute approximate surface area is 150 Å². The summed E-state index contributed by atoms with van der Waals surface area (Å²) in [5, 5.41) is 8.05. The predicted molar refractivity (Wildman–Crippen MR) is 102 cm³/mol. The SMILES string of the molecule is CCCCCCCCCCCCCCCCC(CCO)S(=O)(=O)O. The molecule has 0 fully saturated rings. The van der Waals surface area contributed by atoms with Gasteiger partial charge in [-0.2, -0.15) is 8.42 Å². The summed E-state index contributed by atoms with van der Waals surface area (Å²) in [4.78, 5) is 0. The monoisotopic (exact) mass is 364 g/mol. The van der Waals surface area contributed by atoms with E-state index in [2.05, 4.69) is 6.92 Å². The molecule has 0 radical (unpaired) electrons. The predicted octanol–water partition coefficient (Wildman–Crippen LogP) is 5.50. The average molecular weight is 365 g/mol. The highest BCUT2D eigenvalue weighted by Crippen LogP contribution is 2.16. The van der Waals surface area contributed by atoms with Crippen molar-refractivity contribution in [3.63, 3.8) is 0 Å². The zero-order valence-corrected chi connectivity index (χ0v) is 16.5. The number of unbranched alkanes of at least 4 members (excludes halogenated alkanes) is 13. The van der Waals surface area contributed by atoms with Crippen LogP contribution < -0.4 is 0 Å². The van der Waals surface area contributed by atoms with E-state index in [9.17, 15) is 8.42 Å². The van der Waals surface area contributed by atoms with Gasteiger partial charge in [0.25, 0.3) is 10.1 Å². The summed E-state index contributed by atoms with van der Waals surface area (Å²) >= 11 is 0. The lowest BCUT2D eigenvalue weighted by atomic mass is 10.0. The molecule has 146 valence electrons. The van der Waals surface area contributed by atoms with Crippen molar-refractivity contribution >= 4 is 10.1 Å². The van der Waals surface area contributed by atoms with Crippen molar-refractivity contribution in [2.24, 2.45) is 0 Å². The third-order valence-corrected chi connectivity index (χ3v) is 6.07. The standard InChI is InChI=1S/C19H40O4S/c1-2-3-4-5-6-7-8-9-10-11-12-13-14-15-16-19(17-18-20)24(21,22)23/h19-20H,2-18H2,1H3,(H,21,22,23). The van der Waals surface area contributed by atoms with Gasteiger partial charge in [0.15, 0.2) is 0 Å². The molecule has 5 heteroatoms. The molecule has 0 aromatic carbocycles. The third kappa shape index (κ3) is 15.4. The van der Waals surface area contributed by atoms with Gasteiger partial charge < -0.3 is 5.11 Å². The van der Waals surface area contributed by atoms with Gasteiger partial charge in [-0.25, -0.2) is 0 Å². The van der Waals surface area contributed by atoms with Crippen LogP contribution in [0.25, 0.3) is 0 Å². The fraction of sp³-hybridized carbons (Fsp3) is 1.00. The second-order valence-corrected chi connectivity index (χ2v) is 8.73. The summed E-state index contributed by atoms with van der Waals surface area (Å²) in [7, 11) is -4.01. The van der Waals surface area contributed by atoms with E-state index in [1.165, 1.54) is 70.6 Å². The van der Waals surface area contributed by atoms with Crippen molar-refractivity contribution in [1.29, 1.82) is 0 Å². The lowest BCUT2D eigenvalue weighted by Crippen LogP contribution is -2.21. The Hall–Kier alpha value is -0.130. The Morgan fingerprint density at radius 2 is 1.04 bits per heavy atom. The minimum atomic E-state index is -4.01. The molecule has 4 nitrogen and oxygen atoms in total. The Morgan fingerprint density at radius 1 is 0.667 bits per heavy atom. The van der Waals surface area contributed by atoms with Crippen molar-refractivity contribution in [3.8, 4) is 0 Å². The molecular formula is C19H40O4S. The molecule has 1 unspecified atom stereocenters. The fourth-order valence-electron chi connectivity index (χ4n) is 3.15. The Morgan fingerprint density at radius 3 is 1.38 bits per heavy atom.